The predicted molar refractivity (Wildman–Crippen MR) is 82.7 cm³/mol. The van der Waals surface area contributed by atoms with Gasteiger partial charge in [-0.1, -0.05) is 31.0 Å². The summed E-state index contributed by atoms with van der Waals surface area (Å²) in [6, 6.07) is 9.07. The summed E-state index contributed by atoms with van der Waals surface area (Å²) in [5.74, 6) is 1.12. The van der Waals surface area contributed by atoms with E-state index in [0.717, 1.165) is 30.5 Å². The molecule has 3 rings (SSSR count). The van der Waals surface area contributed by atoms with Crippen LogP contribution in [0.25, 0.3) is 11.0 Å². The molecule has 0 unspecified atom stereocenters. The standard InChI is InChI=1S/C17H24N2O/c1-18-11-15-14-9-5-6-10-16(14)20-17(15)12-19(2)13-7-3-4-8-13/h5-6,9-10,13,18H,3-4,7-8,11-12H2,1-2H3. The number of rotatable bonds is 5. The second kappa shape index (κ2) is 5.98. The van der Waals surface area contributed by atoms with Crippen molar-refractivity contribution in [1.82, 2.24) is 10.2 Å². The van der Waals surface area contributed by atoms with Crippen molar-refractivity contribution in [1.29, 1.82) is 0 Å². The monoisotopic (exact) mass is 272 g/mol. The number of para-hydroxylation sites is 1. The Bertz CT molecular complexity index is 569. The highest BCUT2D eigenvalue weighted by Gasteiger charge is 2.22. The molecule has 1 fully saturated rings. The van der Waals surface area contributed by atoms with Gasteiger partial charge in [0.05, 0.1) is 6.54 Å². The Morgan fingerprint density at radius 3 is 2.75 bits per heavy atom. The Morgan fingerprint density at radius 1 is 1.25 bits per heavy atom. The second-order valence-corrected chi connectivity index (χ2v) is 5.88. The summed E-state index contributed by atoms with van der Waals surface area (Å²) in [7, 11) is 4.22. The van der Waals surface area contributed by atoms with Crippen LogP contribution in [0.15, 0.2) is 28.7 Å². The molecule has 2 aromatic rings. The molecule has 1 aliphatic rings. The molecule has 0 amide bonds. The van der Waals surface area contributed by atoms with E-state index >= 15 is 0 Å². The minimum Gasteiger partial charge on any atom is -0.459 e. The van der Waals surface area contributed by atoms with E-state index < -0.39 is 0 Å². The molecule has 1 saturated carbocycles. The summed E-state index contributed by atoms with van der Waals surface area (Å²) < 4.78 is 6.10. The Labute approximate surface area is 120 Å². The first-order valence-corrected chi connectivity index (χ1v) is 7.63. The van der Waals surface area contributed by atoms with Crippen LogP contribution in [0.3, 0.4) is 0 Å². The first-order chi connectivity index (χ1) is 9.79. The van der Waals surface area contributed by atoms with E-state index in [2.05, 4.69) is 35.5 Å². The minimum atomic E-state index is 0.727. The fraction of sp³-hybridized carbons (Fsp3) is 0.529. The van der Waals surface area contributed by atoms with E-state index in [1.54, 1.807) is 0 Å². The summed E-state index contributed by atoms with van der Waals surface area (Å²) in [6.45, 7) is 1.78. The first-order valence-electron chi connectivity index (χ1n) is 7.63. The van der Waals surface area contributed by atoms with E-state index in [-0.39, 0.29) is 0 Å². The Morgan fingerprint density at radius 2 is 2.00 bits per heavy atom. The smallest absolute Gasteiger partial charge is 0.134 e. The molecule has 1 heterocycles. The van der Waals surface area contributed by atoms with Gasteiger partial charge in [-0.3, -0.25) is 4.90 Å². The number of hydrogen-bond donors (Lipinski definition) is 1. The van der Waals surface area contributed by atoms with Crippen LogP contribution in [0.1, 0.15) is 37.0 Å². The molecular formula is C17H24N2O. The number of nitrogens with zero attached hydrogens (tertiary/aromatic N) is 1. The molecule has 20 heavy (non-hydrogen) atoms. The van der Waals surface area contributed by atoms with Crippen LogP contribution in [0, 0.1) is 0 Å². The zero-order valence-electron chi connectivity index (χ0n) is 12.5. The highest BCUT2D eigenvalue weighted by molar-refractivity contribution is 5.82. The van der Waals surface area contributed by atoms with E-state index in [1.165, 1.54) is 36.6 Å². The van der Waals surface area contributed by atoms with Crippen LogP contribution < -0.4 is 5.32 Å². The van der Waals surface area contributed by atoms with Crippen LogP contribution in [0.5, 0.6) is 0 Å². The van der Waals surface area contributed by atoms with Gasteiger partial charge in [-0.25, -0.2) is 0 Å². The summed E-state index contributed by atoms with van der Waals surface area (Å²) >= 11 is 0. The highest BCUT2D eigenvalue weighted by atomic mass is 16.3. The van der Waals surface area contributed by atoms with Crippen LogP contribution in [-0.2, 0) is 13.1 Å². The molecular weight excluding hydrogens is 248 g/mol. The minimum absolute atomic E-state index is 0.727. The van der Waals surface area contributed by atoms with Crippen molar-refractivity contribution >= 4 is 11.0 Å². The average Bonchev–Trinajstić information content (AvgIpc) is 3.08. The maximum atomic E-state index is 6.10. The van der Waals surface area contributed by atoms with Crippen molar-refractivity contribution in [3.63, 3.8) is 0 Å². The van der Waals surface area contributed by atoms with E-state index in [9.17, 15) is 0 Å². The van der Waals surface area contributed by atoms with Crippen molar-refractivity contribution < 1.29 is 4.42 Å². The lowest BCUT2D eigenvalue weighted by Crippen LogP contribution is -2.28. The van der Waals surface area contributed by atoms with Gasteiger partial charge in [-0.15, -0.1) is 0 Å². The maximum Gasteiger partial charge on any atom is 0.134 e. The molecule has 1 N–H and O–H groups in total. The fourth-order valence-corrected chi connectivity index (χ4v) is 3.35. The molecule has 0 saturated heterocycles. The average molecular weight is 272 g/mol. The quantitative estimate of drug-likeness (QED) is 0.902. The number of nitrogens with one attached hydrogen (secondary N) is 1. The van der Waals surface area contributed by atoms with Gasteiger partial charge in [0.1, 0.15) is 11.3 Å². The normalized spacial score (nSPS) is 16.6. The van der Waals surface area contributed by atoms with Crippen molar-refractivity contribution in [2.75, 3.05) is 14.1 Å². The molecule has 1 aromatic heterocycles. The second-order valence-electron chi connectivity index (χ2n) is 5.88. The van der Waals surface area contributed by atoms with E-state index in [1.807, 2.05) is 13.1 Å². The largest absolute Gasteiger partial charge is 0.459 e. The zero-order chi connectivity index (χ0) is 13.9. The van der Waals surface area contributed by atoms with Gasteiger partial charge in [0, 0.05) is 23.5 Å². The van der Waals surface area contributed by atoms with Gasteiger partial charge in [0.25, 0.3) is 0 Å². The van der Waals surface area contributed by atoms with Gasteiger partial charge in [-0.05, 0) is 33.0 Å². The molecule has 0 aliphatic heterocycles. The number of hydrogen-bond acceptors (Lipinski definition) is 3. The van der Waals surface area contributed by atoms with Crippen molar-refractivity contribution in [2.45, 2.75) is 44.8 Å². The fourth-order valence-electron chi connectivity index (χ4n) is 3.35. The molecule has 0 atom stereocenters. The third-order valence-corrected chi connectivity index (χ3v) is 4.48. The first kappa shape index (κ1) is 13.7. The van der Waals surface area contributed by atoms with Crippen LogP contribution in [0.4, 0.5) is 0 Å². The lowest BCUT2D eigenvalue weighted by atomic mass is 10.1. The van der Waals surface area contributed by atoms with Gasteiger partial charge in [-0.2, -0.15) is 0 Å². The van der Waals surface area contributed by atoms with Crippen molar-refractivity contribution in [3.8, 4) is 0 Å². The number of furan rings is 1. The molecule has 1 aromatic carbocycles. The number of fused-ring (bicyclic) bond motifs is 1. The highest BCUT2D eigenvalue weighted by Crippen LogP contribution is 2.29. The summed E-state index contributed by atoms with van der Waals surface area (Å²) in [4.78, 5) is 2.46. The summed E-state index contributed by atoms with van der Waals surface area (Å²) in [5, 5.41) is 4.51. The lowest BCUT2D eigenvalue weighted by molar-refractivity contribution is 0.220. The predicted octanol–water partition coefficient (Wildman–Crippen LogP) is 3.53. The molecule has 1 aliphatic carbocycles. The SMILES string of the molecule is CNCc1c(CN(C)C2CCCC2)oc2ccccc12. The van der Waals surface area contributed by atoms with Crippen LogP contribution in [-0.4, -0.2) is 25.0 Å². The molecule has 3 heteroatoms. The molecule has 108 valence electrons. The van der Waals surface area contributed by atoms with E-state index in [0.29, 0.717) is 0 Å². The maximum absolute atomic E-state index is 6.10. The van der Waals surface area contributed by atoms with Crippen LogP contribution >= 0.6 is 0 Å². The lowest BCUT2D eigenvalue weighted by Gasteiger charge is -2.23. The number of benzene rings is 1. The van der Waals surface area contributed by atoms with Gasteiger partial charge in [0.15, 0.2) is 0 Å². The summed E-state index contributed by atoms with van der Waals surface area (Å²) in [6.07, 6.45) is 5.41. The van der Waals surface area contributed by atoms with Gasteiger partial charge >= 0.3 is 0 Å². The molecule has 0 spiro atoms. The third kappa shape index (κ3) is 2.60. The zero-order valence-corrected chi connectivity index (χ0v) is 12.5. The summed E-state index contributed by atoms with van der Waals surface area (Å²) in [5.41, 5.74) is 2.32. The third-order valence-electron chi connectivity index (χ3n) is 4.48. The molecule has 3 nitrogen and oxygen atoms in total. The van der Waals surface area contributed by atoms with Gasteiger partial charge < -0.3 is 9.73 Å². The Kier molecular flexibility index (Phi) is 4.08. The molecule has 0 radical (unpaired) electrons. The van der Waals surface area contributed by atoms with Crippen molar-refractivity contribution in [2.24, 2.45) is 0 Å². The van der Waals surface area contributed by atoms with E-state index in [4.69, 9.17) is 4.42 Å². The topological polar surface area (TPSA) is 28.4 Å². The van der Waals surface area contributed by atoms with Crippen molar-refractivity contribution in [3.05, 3.63) is 35.6 Å². The van der Waals surface area contributed by atoms with Crippen LogP contribution in [0.2, 0.25) is 0 Å². The molecule has 0 bridgehead atoms. The van der Waals surface area contributed by atoms with Gasteiger partial charge in [0.2, 0.25) is 0 Å². The Balaban J connectivity index is 1.87. The Hall–Kier alpha value is -1.32.